The zero-order valence-electron chi connectivity index (χ0n) is 15.4. The van der Waals surface area contributed by atoms with Crippen LogP contribution in [0.4, 0.5) is 0 Å². The van der Waals surface area contributed by atoms with Gasteiger partial charge in [0.2, 0.25) is 5.91 Å². The van der Waals surface area contributed by atoms with Crippen LogP contribution in [-0.4, -0.2) is 31.5 Å². The van der Waals surface area contributed by atoms with Crippen molar-refractivity contribution in [2.24, 2.45) is 4.99 Å². The van der Waals surface area contributed by atoms with Gasteiger partial charge in [-0.25, -0.2) is 4.99 Å². The Labute approximate surface area is 183 Å². The van der Waals surface area contributed by atoms with Crippen molar-refractivity contribution in [3.05, 3.63) is 70.7 Å². The van der Waals surface area contributed by atoms with Crippen molar-refractivity contribution < 1.29 is 4.79 Å². The fourth-order valence-corrected chi connectivity index (χ4v) is 2.59. The van der Waals surface area contributed by atoms with Gasteiger partial charge < -0.3 is 16.0 Å². The molecule has 7 heteroatoms. The molecule has 0 aliphatic carbocycles. The van der Waals surface area contributed by atoms with Crippen LogP contribution >= 0.6 is 35.6 Å². The lowest BCUT2D eigenvalue weighted by molar-refractivity contribution is -0.119. The number of nitrogens with zero attached hydrogens (tertiary/aromatic N) is 1. The Morgan fingerprint density at radius 2 is 1.70 bits per heavy atom. The maximum Gasteiger partial charge on any atom is 0.242 e. The summed E-state index contributed by atoms with van der Waals surface area (Å²) in [5.74, 6) is 0.506. The van der Waals surface area contributed by atoms with Crippen LogP contribution in [-0.2, 0) is 17.8 Å². The lowest BCUT2D eigenvalue weighted by Gasteiger charge is -2.12. The van der Waals surface area contributed by atoms with Gasteiger partial charge in [-0.05, 0) is 30.5 Å². The molecule has 1 amide bonds. The van der Waals surface area contributed by atoms with Crippen molar-refractivity contribution in [2.45, 2.75) is 19.9 Å². The van der Waals surface area contributed by atoms with Crippen LogP contribution in [0.1, 0.15) is 18.1 Å². The summed E-state index contributed by atoms with van der Waals surface area (Å²) in [4.78, 5) is 16.3. The zero-order chi connectivity index (χ0) is 18.6. The van der Waals surface area contributed by atoms with E-state index in [1.54, 1.807) is 0 Å². The van der Waals surface area contributed by atoms with E-state index in [4.69, 9.17) is 11.6 Å². The summed E-state index contributed by atoms with van der Waals surface area (Å²) in [6.45, 7) is 3.98. The SMILES string of the molecule is CCNC(=NCC(=O)NCc1ccccc1)NCCc1ccccc1Cl.I. The molecule has 0 fully saturated rings. The third-order valence-electron chi connectivity index (χ3n) is 3.70. The van der Waals surface area contributed by atoms with E-state index in [-0.39, 0.29) is 36.4 Å². The molecule has 0 aliphatic rings. The molecule has 0 saturated carbocycles. The summed E-state index contributed by atoms with van der Waals surface area (Å²) in [6.07, 6.45) is 0.782. The first kappa shape index (κ1) is 23.2. The Hall–Kier alpha value is -1.80. The minimum Gasteiger partial charge on any atom is -0.357 e. The fraction of sp³-hybridized carbons (Fsp3) is 0.300. The Balaban J connectivity index is 0.00000364. The summed E-state index contributed by atoms with van der Waals surface area (Å²) in [7, 11) is 0. The molecule has 27 heavy (non-hydrogen) atoms. The number of amides is 1. The van der Waals surface area contributed by atoms with Crippen molar-refractivity contribution in [1.82, 2.24) is 16.0 Å². The highest BCUT2D eigenvalue weighted by Gasteiger charge is 2.03. The molecule has 2 rings (SSSR count). The van der Waals surface area contributed by atoms with Gasteiger partial charge in [0.25, 0.3) is 0 Å². The first-order valence-corrected chi connectivity index (χ1v) is 9.13. The van der Waals surface area contributed by atoms with Gasteiger partial charge >= 0.3 is 0 Å². The van der Waals surface area contributed by atoms with Crippen LogP contribution in [0.3, 0.4) is 0 Å². The van der Waals surface area contributed by atoms with E-state index in [0.717, 1.165) is 29.1 Å². The van der Waals surface area contributed by atoms with E-state index in [1.165, 1.54) is 0 Å². The molecule has 0 heterocycles. The standard InChI is InChI=1S/C20H25ClN4O.HI/c1-2-22-20(23-13-12-17-10-6-7-11-18(17)21)25-15-19(26)24-14-16-8-4-3-5-9-16;/h3-11H,2,12-15H2,1H3,(H,24,26)(H2,22,23,25);1H. The number of nitrogens with one attached hydrogen (secondary N) is 3. The first-order chi connectivity index (χ1) is 12.7. The summed E-state index contributed by atoms with van der Waals surface area (Å²) >= 11 is 6.16. The topological polar surface area (TPSA) is 65.5 Å². The number of hydrogen-bond donors (Lipinski definition) is 3. The Bertz CT molecular complexity index is 725. The van der Waals surface area contributed by atoms with E-state index in [9.17, 15) is 4.79 Å². The van der Waals surface area contributed by atoms with Crippen molar-refractivity contribution in [3.63, 3.8) is 0 Å². The van der Waals surface area contributed by atoms with Crippen molar-refractivity contribution in [1.29, 1.82) is 0 Å². The summed E-state index contributed by atoms with van der Waals surface area (Å²) in [5.41, 5.74) is 2.15. The average Bonchev–Trinajstić information content (AvgIpc) is 2.66. The third kappa shape index (κ3) is 9.10. The molecule has 0 atom stereocenters. The Morgan fingerprint density at radius 1 is 1.00 bits per heavy atom. The maximum atomic E-state index is 12.0. The minimum atomic E-state index is -0.114. The number of aliphatic imine (C=N–C) groups is 1. The van der Waals surface area contributed by atoms with Crippen LogP contribution < -0.4 is 16.0 Å². The van der Waals surface area contributed by atoms with Gasteiger partial charge in [0, 0.05) is 24.7 Å². The molecule has 2 aromatic rings. The molecule has 0 aromatic heterocycles. The number of carbonyl (C=O) groups excluding carboxylic acids is 1. The van der Waals surface area contributed by atoms with Crippen LogP contribution in [0.15, 0.2) is 59.6 Å². The summed E-state index contributed by atoms with van der Waals surface area (Å²) in [5, 5.41) is 9.99. The third-order valence-corrected chi connectivity index (χ3v) is 4.07. The van der Waals surface area contributed by atoms with Crippen molar-refractivity contribution in [3.8, 4) is 0 Å². The number of hydrogen-bond acceptors (Lipinski definition) is 2. The number of carbonyl (C=O) groups is 1. The highest BCUT2D eigenvalue weighted by molar-refractivity contribution is 14.0. The van der Waals surface area contributed by atoms with Crippen LogP contribution in [0.25, 0.3) is 0 Å². The molecule has 146 valence electrons. The van der Waals surface area contributed by atoms with Gasteiger partial charge in [-0.2, -0.15) is 0 Å². The number of guanidine groups is 1. The molecule has 0 spiro atoms. The Kier molecular flexibility index (Phi) is 11.5. The number of benzene rings is 2. The summed E-state index contributed by atoms with van der Waals surface area (Å²) < 4.78 is 0. The zero-order valence-corrected chi connectivity index (χ0v) is 18.5. The van der Waals surface area contributed by atoms with Gasteiger partial charge in [-0.1, -0.05) is 60.1 Å². The molecule has 0 bridgehead atoms. The van der Waals surface area contributed by atoms with Gasteiger partial charge in [-0.3, -0.25) is 4.79 Å². The van der Waals surface area contributed by atoms with Crippen molar-refractivity contribution >= 4 is 47.4 Å². The largest absolute Gasteiger partial charge is 0.357 e. The first-order valence-electron chi connectivity index (χ1n) is 8.75. The normalized spacial score (nSPS) is 10.7. The fourth-order valence-electron chi connectivity index (χ4n) is 2.36. The highest BCUT2D eigenvalue weighted by atomic mass is 127. The van der Waals surface area contributed by atoms with Crippen LogP contribution in [0.2, 0.25) is 5.02 Å². The second kappa shape index (κ2) is 13.4. The van der Waals surface area contributed by atoms with Gasteiger partial charge in [0.15, 0.2) is 5.96 Å². The monoisotopic (exact) mass is 500 g/mol. The van der Waals surface area contributed by atoms with E-state index >= 15 is 0 Å². The minimum absolute atomic E-state index is 0. The van der Waals surface area contributed by atoms with E-state index in [2.05, 4.69) is 20.9 Å². The van der Waals surface area contributed by atoms with E-state index in [1.807, 2.05) is 61.5 Å². The maximum absolute atomic E-state index is 12.0. The molecule has 3 N–H and O–H groups in total. The van der Waals surface area contributed by atoms with Crippen molar-refractivity contribution in [2.75, 3.05) is 19.6 Å². The Morgan fingerprint density at radius 3 is 2.41 bits per heavy atom. The molecular formula is C20H26ClIN4O. The summed E-state index contributed by atoms with van der Waals surface area (Å²) in [6, 6.07) is 17.6. The number of halogens is 2. The second-order valence-corrected chi connectivity index (χ2v) is 6.13. The molecular weight excluding hydrogens is 475 g/mol. The molecule has 0 unspecified atom stereocenters. The lowest BCUT2D eigenvalue weighted by Crippen LogP contribution is -2.39. The second-order valence-electron chi connectivity index (χ2n) is 5.73. The molecule has 5 nitrogen and oxygen atoms in total. The molecule has 0 radical (unpaired) electrons. The van der Waals surface area contributed by atoms with E-state index in [0.29, 0.717) is 19.0 Å². The molecule has 0 saturated heterocycles. The highest BCUT2D eigenvalue weighted by Crippen LogP contribution is 2.14. The molecule has 0 aliphatic heterocycles. The van der Waals surface area contributed by atoms with Crippen LogP contribution in [0, 0.1) is 0 Å². The lowest BCUT2D eigenvalue weighted by atomic mass is 10.1. The molecule has 2 aromatic carbocycles. The predicted octanol–water partition coefficient (Wildman–Crippen LogP) is 3.37. The van der Waals surface area contributed by atoms with Gasteiger partial charge in [0.05, 0.1) is 0 Å². The average molecular weight is 501 g/mol. The quantitative estimate of drug-likeness (QED) is 0.296. The van der Waals surface area contributed by atoms with E-state index < -0.39 is 0 Å². The predicted molar refractivity (Wildman–Crippen MR) is 123 cm³/mol. The van der Waals surface area contributed by atoms with Crippen LogP contribution in [0.5, 0.6) is 0 Å². The number of rotatable bonds is 8. The van der Waals surface area contributed by atoms with Gasteiger partial charge in [0.1, 0.15) is 6.54 Å². The van der Waals surface area contributed by atoms with Gasteiger partial charge in [-0.15, -0.1) is 24.0 Å². The smallest absolute Gasteiger partial charge is 0.242 e.